The maximum atomic E-state index is 9.73. The molecule has 4 nitrogen and oxygen atoms in total. The molecule has 0 aliphatic heterocycles. The third kappa shape index (κ3) is 5.73. The van der Waals surface area contributed by atoms with Gasteiger partial charge in [0.05, 0.1) is 5.97 Å². The molecule has 52 valence electrons. The van der Waals surface area contributed by atoms with Gasteiger partial charge >= 0.3 is 27.3 Å². The Morgan fingerprint density at radius 2 is 1.70 bits per heavy atom. The molecule has 10 heavy (non-hydrogen) atoms. The minimum absolute atomic E-state index is 0. The summed E-state index contributed by atoms with van der Waals surface area (Å²) in [6.45, 7) is 2.91. The Hall–Kier alpha value is -0.398. The van der Waals surface area contributed by atoms with Crippen LogP contribution in [0.5, 0.6) is 0 Å². The predicted octanol–water partition coefficient (Wildman–Crippen LogP) is -2.95. The molecule has 0 amide bonds. The minimum Gasteiger partial charge on any atom is -0.550 e. The Bertz CT molecular complexity index is 163. The van der Waals surface area contributed by atoms with Gasteiger partial charge in [0.2, 0.25) is 0 Å². The Labute approximate surface area is 77.7 Å². The molecule has 0 saturated heterocycles. The summed E-state index contributed by atoms with van der Waals surface area (Å²) in [5, 5.41) is 19.4. The minimum atomic E-state index is -1.56. The molecule has 0 aliphatic rings. The normalized spacial score (nSPS) is 7.60. The standard InChI is InChI=1S/C5H6O4.Pb/c1-3(5(8)9)2-4(6)7;/h1-2H2,(H,6,7)(H,8,9);/q;+2/p-2. The van der Waals surface area contributed by atoms with E-state index >= 15 is 0 Å². The van der Waals surface area contributed by atoms with E-state index in [1.165, 1.54) is 0 Å². The molecule has 0 aromatic rings. The van der Waals surface area contributed by atoms with Crippen LogP contribution in [0.2, 0.25) is 0 Å². The van der Waals surface area contributed by atoms with E-state index in [-0.39, 0.29) is 27.3 Å². The fraction of sp³-hybridized carbons (Fsp3) is 0.200. The monoisotopic (exact) mass is 336 g/mol. The van der Waals surface area contributed by atoms with Crippen molar-refractivity contribution in [3.63, 3.8) is 0 Å². The van der Waals surface area contributed by atoms with Crippen molar-refractivity contribution >= 4 is 39.2 Å². The van der Waals surface area contributed by atoms with Crippen LogP contribution >= 0.6 is 0 Å². The van der Waals surface area contributed by atoms with Gasteiger partial charge in [0.25, 0.3) is 0 Å². The van der Waals surface area contributed by atoms with Gasteiger partial charge in [-0.1, -0.05) is 6.58 Å². The zero-order valence-electron chi connectivity index (χ0n) is 5.05. The molecule has 0 atom stereocenters. The summed E-state index contributed by atoms with van der Waals surface area (Å²) in [6.07, 6.45) is -0.678. The van der Waals surface area contributed by atoms with Crippen molar-refractivity contribution in [2.75, 3.05) is 0 Å². The quantitative estimate of drug-likeness (QED) is 0.408. The molecular formula is C5H4O4Pb. The largest absolute Gasteiger partial charge is 2.00 e. The van der Waals surface area contributed by atoms with Crippen molar-refractivity contribution in [2.45, 2.75) is 6.42 Å². The van der Waals surface area contributed by atoms with Crippen molar-refractivity contribution in [1.82, 2.24) is 0 Å². The molecule has 0 aromatic carbocycles. The van der Waals surface area contributed by atoms with Crippen LogP contribution in [0, 0.1) is 0 Å². The van der Waals surface area contributed by atoms with Crippen LogP contribution in [0.3, 0.4) is 0 Å². The number of hydrogen-bond donors (Lipinski definition) is 0. The van der Waals surface area contributed by atoms with Gasteiger partial charge in [-0.3, -0.25) is 0 Å². The molecule has 0 bridgehead atoms. The van der Waals surface area contributed by atoms with Crippen LogP contribution < -0.4 is 10.2 Å². The van der Waals surface area contributed by atoms with Gasteiger partial charge in [-0.25, -0.2) is 0 Å². The Balaban J connectivity index is 0. The molecule has 2 radical (unpaired) electrons. The van der Waals surface area contributed by atoms with Gasteiger partial charge in [0.1, 0.15) is 0 Å². The first-order valence-corrected chi connectivity index (χ1v) is 2.13. The smallest absolute Gasteiger partial charge is 0.550 e. The number of aliphatic carboxylic acids is 2. The number of rotatable bonds is 3. The molecule has 0 saturated carbocycles. The fourth-order valence-corrected chi connectivity index (χ4v) is 0.246. The second kappa shape index (κ2) is 5.39. The Kier molecular flexibility index (Phi) is 6.63. The fourth-order valence-electron chi connectivity index (χ4n) is 0.246. The number of carbonyl (C=O) groups is 2. The van der Waals surface area contributed by atoms with Gasteiger partial charge < -0.3 is 19.8 Å². The van der Waals surface area contributed by atoms with Crippen molar-refractivity contribution in [3.8, 4) is 0 Å². The second-order valence-electron chi connectivity index (χ2n) is 1.44. The molecule has 0 unspecified atom stereocenters. The van der Waals surface area contributed by atoms with Gasteiger partial charge in [0.15, 0.2) is 0 Å². The van der Waals surface area contributed by atoms with E-state index < -0.39 is 23.9 Å². The molecule has 0 aliphatic carbocycles. The summed E-state index contributed by atoms with van der Waals surface area (Å²) in [6, 6.07) is 0. The number of carbonyl (C=O) groups excluding carboxylic acids is 2. The van der Waals surface area contributed by atoms with Crippen LogP contribution in [0.4, 0.5) is 0 Å². The van der Waals surface area contributed by atoms with Gasteiger partial charge in [-0.05, 0) is 5.57 Å². The Morgan fingerprint density at radius 3 is 1.80 bits per heavy atom. The van der Waals surface area contributed by atoms with Crippen LogP contribution in [-0.2, 0) is 9.59 Å². The predicted molar refractivity (Wildman–Crippen MR) is 29.5 cm³/mol. The molecule has 0 N–H and O–H groups in total. The number of carboxylic acid groups (broad SMARTS) is 2. The van der Waals surface area contributed by atoms with Crippen molar-refractivity contribution in [1.29, 1.82) is 0 Å². The van der Waals surface area contributed by atoms with E-state index in [1.807, 2.05) is 0 Å². The SMILES string of the molecule is C=C(CC(=O)[O-])C(=O)[O-].[Pb+2]. The number of carboxylic acids is 2. The zero-order valence-corrected chi connectivity index (χ0v) is 8.93. The molecule has 5 heteroatoms. The van der Waals surface area contributed by atoms with Gasteiger partial charge in [0, 0.05) is 12.4 Å². The van der Waals surface area contributed by atoms with Gasteiger partial charge in [-0.2, -0.15) is 0 Å². The van der Waals surface area contributed by atoms with Crippen molar-refractivity contribution in [3.05, 3.63) is 12.2 Å². The summed E-state index contributed by atoms with van der Waals surface area (Å²) < 4.78 is 0. The van der Waals surface area contributed by atoms with E-state index in [9.17, 15) is 19.8 Å². The Morgan fingerprint density at radius 1 is 1.30 bits per heavy atom. The third-order valence-corrected chi connectivity index (χ3v) is 0.646. The van der Waals surface area contributed by atoms with Crippen molar-refractivity contribution < 1.29 is 19.8 Å². The van der Waals surface area contributed by atoms with E-state index in [0.29, 0.717) is 0 Å². The molecule has 0 heterocycles. The molecule has 0 fully saturated rings. The van der Waals surface area contributed by atoms with Crippen LogP contribution in [-0.4, -0.2) is 39.2 Å². The summed E-state index contributed by atoms with van der Waals surface area (Å²) >= 11 is 0. The van der Waals surface area contributed by atoms with Crippen LogP contribution in [0.1, 0.15) is 6.42 Å². The number of hydrogen-bond acceptors (Lipinski definition) is 4. The van der Waals surface area contributed by atoms with E-state index in [2.05, 4.69) is 6.58 Å². The van der Waals surface area contributed by atoms with E-state index in [1.54, 1.807) is 0 Å². The van der Waals surface area contributed by atoms with Gasteiger partial charge in [-0.15, -0.1) is 0 Å². The molecule has 0 rings (SSSR count). The first-order valence-electron chi connectivity index (χ1n) is 2.13. The molecular weight excluding hydrogens is 331 g/mol. The average Bonchev–Trinajstić information content (AvgIpc) is 1.63. The maximum Gasteiger partial charge on any atom is 2.00 e. The van der Waals surface area contributed by atoms with Crippen molar-refractivity contribution in [2.24, 2.45) is 0 Å². The zero-order chi connectivity index (χ0) is 7.44. The first kappa shape index (κ1) is 12.3. The maximum absolute atomic E-state index is 9.73. The summed E-state index contributed by atoms with van der Waals surface area (Å²) in [7, 11) is 0. The molecule has 0 spiro atoms. The van der Waals surface area contributed by atoms with Crippen LogP contribution in [0.25, 0.3) is 0 Å². The first-order chi connectivity index (χ1) is 4.04. The topological polar surface area (TPSA) is 80.3 Å². The van der Waals surface area contributed by atoms with Crippen LogP contribution in [0.15, 0.2) is 12.2 Å². The molecule has 0 aromatic heterocycles. The second-order valence-corrected chi connectivity index (χ2v) is 1.44. The van der Waals surface area contributed by atoms with E-state index in [0.717, 1.165) is 0 Å². The summed E-state index contributed by atoms with van der Waals surface area (Å²) in [4.78, 5) is 19.4. The van der Waals surface area contributed by atoms with E-state index in [4.69, 9.17) is 0 Å². The average molecular weight is 335 g/mol. The summed E-state index contributed by atoms with van der Waals surface area (Å²) in [5.41, 5.74) is -0.477. The summed E-state index contributed by atoms with van der Waals surface area (Å²) in [5.74, 6) is -3.02. The third-order valence-electron chi connectivity index (χ3n) is 0.646.